The van der Waals surface area contributed by atoms with Crippen LogP contribution in [0.5, 0.6) is 0 Å². The Labute approximate surface area is 62.5 Å². The molecular formula is C7H17NO2. The van der Waals surface area contributed by atoms with Gasteiger partial charge in [-0.05, 0) is 0 Å². The lowest BCUT2D eigenvalue weighted by Crippen LogP contribution is -2.36. The summed E-state index contributed by atoms with van der Waals surface area (Å²) in [5, 5.41) is 0. The fourth-order valence-corrected chi connectivity index (χ4v) is 0.856. The van der Waals surface area contributed by atoms with Crippen LogP contribution in [0.4, 0.5) is 0 Å². The number of ether oxygens (including phenoxy) is 2. The highest BCUT2D eigenvalue weighted by Gasteiger charge is 2.21. The molecule has 0 aromatic heterocycles. The van der Waals surface area contributed by atoms with Crippen LogP contribution in [0, 0.1) is 5.41 Å². The zero-order valence-corrected chi connectivity index (χ0v) is 7.02. The first-order valence-corrected chi connectivity index (χ1v) is 3.36. The van der Waals surface area contributed by atoms with E-state index in [0.29, 0.717) is 19.8 Å². The molecule has 0 rings (SSSR count). The van der Waals surface area contributed by atoms with Crippen LogP contribution in [0.3, 0.4) is 0 Å². The summed E-state index contributed by atoms with van der Waals surface area (Å²) in [5.41, 5.74) is 5.49. The van der Waals surface area contributed by atoms with Crippen molar-refractivity contribution in [2.45, 2.75) is 6.92 Å². The van der Waals surface area contributed by atoms with Crippen molar-refractivity contribution in [2.75, 3.05) is 34.0 Å². The molecule has 3 heteroatoms. The van der Waals surface area contributed by atoms with Crippen LogP contribution in [0.1, 0.15) is 6.92 Å². The van der Waals surface area contributed by atoms with E-state index in [1.54, 1.807) is 14.2 Å². The molecule has 0 saturated heterocycles. The molecule has 0 aromatic carbocycles. The fraction of sp³-hybridized carbons (Fsp3) is 1.00. The average Bonchev–Trinajstić information content (AvgIpc) is 1.89. The maximum absolute atomic E-state index is 5.52. The number of nitrogens with two attached hydrogens (primary N) is 1. The normalized spacial score (nSPS) is 12.0. The zero-order valence-electron chi connectivity index (χ0n) is 7.02. The van der Waals surface area contributed by atoms with Crippen LogP contribution in [0.15, 0.2) is 0 Å². The van der Waals surface area contributed by atoms with E-state index in [1.807, 2.05) is 6.92 Å². The van der Waals surface area contributed by atoms with Gasteiger partial charge in [-0.3, -0.25) is 0 Å². The predicted octanol–water partition coefficient (Wildman–Crippen LogP) is 0.244. The molecule has 0 heterocycles. The van der Waals surface area contributed by atoms with Crippen molar-refractivity contribution in [3.63, 3.8) is 0 Å². The third-order valence-corrected chi connectivity index (χ3v) is 1.48. The molecule has 3 nitrogen and oxygen atoms in total. The summed E-state index contributed by atoms with van der Waals surface area (Å²) in [5.74, 6) is 0. The first-order chi connectivity index (χ1) is 4.68. The topological polar surface area (TPSA) is 44.5 Å². The van der Waals surface area contributed by atoms with Crippen molar-refractivity contribution in [1.82, 2.24) is 0 Å². The highest BCUT2D eigenvalue weighted by Crippen LogP contribution is 2.13. The molecule has 0 fully saturated rings. The van der Waals surface area contributed by atoms with Crippen molar-refractivity contribution in [3.8, 4) is 0 Å². The number of rotatable bonds is 5. The van der Waals surface area contributed by atoms with E-state index in [1.165, 1.54) is 0 Å². The van der Waals surface area contributed by atoms with Crippen LogP contribution in [-0.4, -0.2) is 34.0 Å². The molecule has 62 valence electrons. The lowest BCUT2D eigenvalue weighted by atomic mass is 9.93. The molecule has 0 atom stereocenters. The van der Waals surface area contributed by atoms with Gasteiger partial charge >= 0.3 is 0 Å². The van der Waals surface area contributed by atoms with Gasteiger partial charge in [0.15, 0.2) is 0 Å². The van der Waals surface area contributed by atoms with E-state index in [-0.39, 0.29) is 5.41 Å². The van der Waals surface area contributed by atoms with E-state index >= 15 is 0 Å². The van der Waals surface area contributed by atoms with Gasteiger partial charge in [0.05, 0.1) is 13.2 Å². The molecule has 10 heavy (non-hydrogen) atoms. The summed E-state index contributed by atoms with van der Waals surface area (Å²) < 4.78 is 9.98. The zero-order chi connectivity index (χ0) is 8.04. The molecule has 0 aliphatic carbocycles. The minimum Gasteiger partial charge on any atom is -0.384 e. The summed E-state index contributed by atoms with van der Waals surface area (Å²) >= 11 is 0. The second-order valence-electron chi connectivity index (χ2n) is 2.88. The minimum absolute atomic E-state index is 0.0243. The highest BCUT2D eigenvalue weighted by molar-refractivity contribution is 4.73. The molecular weight excluding hydrogens is 130 g/mol. The largest absolute Gasteiger partial charge is 0.384 e. The van der Waals surface area contributed by atoms with Crippen molar-refractivity contribution < 1.29 is 9.47 Å². The molecule has 0 amide bonds. The van der Waals surface area contributed by atoms with E-state index in [9.17, 15) is 0 Å². The molecule has 0 aliphatic heterocycles. The SMILES string of the molecule is COCC(C)(CN)COC. The van der Waals surface area contributed by atoms with E-state index in [2.05, 4.69) is 0 Å². The lowest BCUT2D eigenvalue weighted by Gasteiger charge is -2.25. The van der Waals surface area contributed by atoms with Crippen LogP contribution >= 0.6 is 0 Å². The summed E-state index contributed by atoms with van der Waals surface area (Å²) in [4.78, 5) is 0. The Bertz CT molecular complexity index is 79.7. The summed E-state index contributed by atoms with van der Waals surface area (Å²) in [6.07, 6.45) is 0. The standard InChI is InChI=1S/C7H17NO2/c1-7(4-8,5-9-2)6-10-3/h4-6,8H2,1-3H3. The van der Waals surface area contributed by atoms with Gasteiger partial charge in [-0.1, -0.05) is 6.92 Å². The molecule has 0 aliphatic rings. The lowest BCUT2D eigenvalue weighted by molar-refractivity contribution is 0.0278. The van der Waals surface area contributed by atoms with Crippen LogP contribution in [0.2, 0.25) is 0 Å². The van der Waals surface area contributed by atoms with Gasteiger partial charge in [-0.15, -0.1) is 0 Å². The van der Waals surface area contributed by atoms with Gasteiger partial charge in [0, 0.05) is 26.2 Å². The Balaban J connectivity index is 3.69. The van der Waals surface area contributed by atoms with Crippen molar-refractivity contribution in [3.05, 3.63) is 0 Å². The number of hydrogen-bond donors (Lipinski definition) is 1. The molecule has 2 N–H and O–H groups in total. The second kappa shape index (κ2) is 4.66. The molecule has 0 unspecified atom stereocenters. The van der Waals surface area contributed by atoms with Gasteiger partial charge in [0.2, 0.25) is 0 Å². The molecule has 0 aromatic rings. The monoisotopic (exact) mass is 147 g/mol. The molecule has 0 saturated carbocycles. The second-order valence-corrected chi connectivity index (χ2v) is 2.88. The quantitative estimate of drug-likeness (QED) is 0.606. The third-order valence-electron chi connectivity index (χ3n) is 1.48. The Morgan fingerprint density at radius 1 is 1.20 bits per heavy atom. The average molecular weight is 147 g/mol. The fourth-order valence-electron chi connectivity index (χ4n) is 0.856. The Kier molecular flexibility index (Phi) is 4.60. The van der Waals surface area contributed by atoms with E-state index in [0.717, 1.165) is 0 Å². The van der Waals surface area contributed by atoms with Crippen LogP contribution in [-0.2, 0) is 9.47 Å². The van der Waals surface area contributed by atoms with Gasteiger partial charge < -0.3 is 15.2 Å². The van der Waals surface area contributed by atoms with Gasteiger partial charge in [-0.2, -0.15) is 0 Å². The Morgan fingerprint density at radius 3 is 1.80 bits per heavy atom. The Morgan fingerprint density at radius 2 is 1.60 bits per heavy atom. The molecule has 0 bridgehead atoms. The van der Waals surface area contributed by atoms with Crippen molar-refractivity contribution in [1.29, 1.82) is 0 Å². The highest BCUT2D eigenvalue weighted by atomic mass is 16.5. The third kappa shape index (κ3) is 3.15. The van der Waals surface area contributed by atoms with Gasteiger partial charge in [0.1, 0.15) is 0 Å². The van der Waals surface area contributed by atoms with E-state index in [4.69, 9.17) is 15.2 Å². The van der Waals surface area contributed by atoms with Gasteiger partial charge in [-0.25, -0.2) is 0 Å². The maximum atomic E-state index is 5.52. The van der Waals surface area contributed by atoms with Crippen molar-refractivity contribution in [2.24, 2.45) is 11.1 Å². The maximum Gasteiger partial charge on any atom is 0.0550 e. The number of hydrogen-bond acceptors (Lipinski definition) is 3. The first kappa shape index (κ1) is 9.88. The predicted molar refractivity (Wildman–Crippen MR) is 40.9 cm³/mol. The molecule has 0 radical (unpaired) electrons. The molecule has 0 spiro atoms. The van der Waals surface area contributed by atoms with Gasteiger partial charge in [0.25, 0.3) is 0 Å². The minimum atomic E-state index is -0.0243. The summed E-state index contributed by atoms with van der Waals surface area (Å²) in [7, 11) is 3.34. The summed E-state index contributed by atoms with van der Waals surface area (Å²) in [6.45, 7) is 3.93. The first-order valence-electron chi connectivity index (χ1n) is 3.36. The van der Waals surface area contributed by atoms with Crippen LogP contribution < -0.4 is 5.73 Å². The Hall–Kier alpha value is -0.120. The smallest absolute Gasteiger partial charge is 0.0550 e. The van der Waals surface area contributed by atoms with Crippen LogP contribution in [0.25, 0.3) is 0 Å². The summed E-state index contributed by atoms with van der Waals surface area (Å²) in [6, 6.07) is 0. The number of methoxy groups -OCH3 is 2. The van der Waals surface area contributed by atoms with Crippen molar-refractivity contribution >= 4 is 0 Å². The van der Waals surface area contributed by atoms with E-state index < -0.39 is 0 Å².